The molecule has 0 radical (unpaired) electrons. The summed E-state index contributed by atoms with van der Waals surface area (Å²) in [5.74, 6) is -0.227. The molecular formula is C23H40FNO2SSi. The van der Waals surface area contributed by atoms with E-state index in [1.807, 2.05) is 38.0 Å². The lowest BCUT2D eigenvalue weighted by atomic mass is 10.1. The van der Waals surface area contributed by atoms with Crippen molar-refractivity contribution < 1.29 is 13.9 Å². The quantitative estimate of drug-likeness (QED) is 0.391. The van der Waals surface area contributed by atoms with E-state index in [0.29, 0.717) is 29.6 Å². The second-order valence-corrected chi connectivity index (χ2v) is 18.4. The molecule has 1 aromatic carbocycles. The Morgan fingerprint density at radius 3 is 2.07 bits per heavy atom. The highest BCUT2D eigenvalue weighted by Crippen LogP contribution is 2.52. The van der Waals surface area contributed by atoms with Crippen molar-refractivity contribution in [2.24, 2.45) is 0 Å². The molecule has 6 heteroatoms. The molecule has 0 unspecified atom stereocenters. The molecule has 0 heterocycles. The van der Waals surface area contributed by atoms with Crippen LogP contribution < -0.4 is 0 Å². The lowest BCUT2D eigenvalue weighted by Gasteiger charge is -2.42. The van der Waals surface area contributed by atoms with Crippen LogP contribution in [0.25, 0.3) is 0 Å². The van der Waals surface area contributed by atoms with E-state index in [9.17, 15) is 9.18 Å². The minimum Gasteiger partial charge on any atom is -0.444 e. The second-order valence-electron chi connectivity index (χ2n) is 9.82. The number of likely N-dealkylation sites (N-methyl/N-ethyl adjacent to an activating group) is 1. The van der Waals surface area contributed by atoms with Crippen LogP contribution in [-0.2, 0) is 11.2 Å². The van der Waals surface area contributed by atoms with Gasteiger partial charge < -0.3 is 9.64 Å². The molecule has 0 N–H and O–H groups in total. The zero-order chi connectivity index (χ0) is 22.6. The maximum Gasteiger partial charge on any atom is 0.410 e. The van der Waals surface area contributed by atoms with E-state index in [1.165, 1.54) is 0 Å². The van der Waals surface area contributed by atoms with Crippen molar-refractivity contribution in [2.75, 3.05) is 13.6 Å². The third-order valence-electron chi connectivity index (χ3n) is 5.44. The average Bonchev–Trinajstić information content (AvgIpc) is 2.56. The van der Waals surface area contributed by atoms with Crippen LogP contribution in [0.4, 0.5) is 9.18 Å². The SMILES string of the molecule is CC(C)[Si](Sc1ccc(F)cc1CCN(C)C(=O)OC(C)(C)C)(C(C)C)C(C)C. The molecule has 1 rings (SSSR count). The summed E-state index contributed by atoms with van der Waals surface area (Å²) in [7, 11) is -0.00625. The fourth-order valence-electron chi connectivity index (χ4n) is 4.11. The zero-order valence-electron chi connectivity index (χ0n) is 19.9. The van der Waals surface area contributed by atoms with E-state index >= 15 is 0 Å². The van der Waals surface area contributed by atoms with Gasteiger partial charge in [-0.15, -0.1) is 11.2 Å². The van der Waals surface area contributed by atoms with E-state index < -0.39 is 12.8 Å². The first-order valence-corrected chi connectivity index (χ1v) is 14.4. The minimum atomic E-state index is -1.74. The fourth-order valence-corrected chi connectivity index (χ4v) is 13.5. The Balaban J connectivity index is 3.10. The predicted octanol–water partition coefficient (Wildman–Crippen LogP) is 7.50. The van der Waals surface area contributed by atoms with Gasteiger partial charge in [-0.05, 0) is 67.6 Å². The lowest BCUT2D eigenvalue weighted by Crippen LogP contribution is -2.41. The number of nitrogens with zero attached hydrogens (tertiary/aromatic N) is 1. The number of benzene rings is 1. The van der Waals surface area contributed by atoms with Crippen molar-refractivity contribution in [1.82, 2.24) is 4.90 Å². The molecule has 0 bridgehead atoms. The number of carbonyl (C=O) groups excluding carboxylic acids is 1. The van der Waals surface area contributed by atoms with E-state index in [0.717, 1.165) is 10.5 Å². The lowest BCUT2D eigenvalue weighted by molar-refractivity contribution is 0.0300. The third-order valence-corrected chi connectivity index (χ3v) is 17.8. The van der Waals surface area contributed by atoms with Gasteiger partial charge in [0.2, 0.25) is 0 Å². The molecule has 1 amide bonds. The van der Waals surface area contributed by atoms with Gasteiger partial charge in [0.1, 0.15) is 18.6 Å². The number of hydrogen-bond donors (Lipinski definition) is 0. The number of halogens is 1. The van der Waals surface area contributed by atoms with Crippen LogP contribution in [0.1, 0.15) is 67.9 Å². The van der Waals surface area contributed by atoms with Crippen molar-refractivity contribution in [3.63, 3.8) is 0 Å². The summed E-state index contributed by atoms with van der Waals surface area (Å²) < 4.78 is 19.5. The van der Waals surface area contributed by atoms with Crippen LogP contribution in [0.15, 0.2) is 23.1 Å². The summed E-state index contributed by atoms with van der Waals surface area (Å²) in [6.45, 7) is 20.0. The number of hydrogen-bond acceptors (Lipinski definition) is 3. The largest absolute Gasteiger partial charge is 0.444 e. The van der Waals surface area contributed by atoms with Gasteiger partial charge >= 0.3 is 6.09 Å². The van der Waals surface area contributed by atoms with Crippen LogP contribution >= 0.6 is 11.2 Å². The third kappa shape index (κ3) is 7.02. The van der Waals surface area contributed by atoms with Crippen LogP contribution in [0.3, 0.4) is 0 Å². The highest BCUT2D eigenvalue weighted by atomic mass is 32.4. The molecular weight excluding hydrogens is 401 g/mol. The Labute approximate surface area is 182 Å². The van der Waals surface area contributed by atoms with Gasteiger partial charge in [0, 0.05) is 18.5 Å². The Kier molecular flexibility index (Phi) is 9.28. The van der Waals surface area contributed by atoms with E-state index in [-0.39, 0.29) is 11.9 Å². The van der Waals surface area contributed by atoms with Gasteiger partial charge in [-0.2, -0.15) is 0 Å². The first-order chi connectivity index (χ1) is 13.2. The van der Waals surface area contributed by atoms with Gasteiger partial charge in [0.25, 0.3) is 0 Å². The van der Waals surface area contributed by atoms with Crippen molar-refractivity contribution in [3.8, 4) is 0 Å². The van der Waals surface area contributed by atoms with E-state index in [1.54, 1.807) is 24.1 Å². The van der Waals surface area contributed by atoms with Gasteiger partial charge in [-0.25, -0.2) is 9.18 Å². The van der Waals surface area contributed by atoms with Crippen LogP contribution in [0, 0.1) is 5.82 Å². The molecule has 3 nitrogen and oxygen atoms in total. The Morgan fingerprint density at radius 2 is 1.62 bits per heavy atom. The van der Waals surface area contributed by atoms with Crippen molar-refractivity contribution >= 4 is 24.5 Å². The number of ether oxygens (including phenoxy) is 1. The maximum absolute atomic E-state index is 14.1. The minimum absolute atomic E-state index is 0.227. The zero-order valence-corrected chi connectivity index (χ0v) is 21.7. The Morgan fingerprint density at radius 1 is 1.10 bits per heavy atom. The molecule has 1 aromatic rings. The molecule has 0 aromatic heterocycles. The highest BCUT2D eigenvalue weighted by molar-refractivity contribution is 8.29. The number of rotatable bonds is 8. The Hall–Kier alpha value is -1.01. The second kappa shape index (κ2) is 10.3. The topological polar surface area (TPSA) is 29.5 Å². The molecule has 0 atom stereocenters. The summed E-state index contributed by atoms with van der Waals surface area (Å²) >= 11 is 2.00. The average molecular weight is 442 g/mol. The summed E-state index contributed by atoms with van der Waals surface area (Å²) in [5, 5.41) is 0. The molecule has 0 fully saturated rings. The van der Waals surface area contributed by atoms with Crippen molar-refractivity contribution in [3.05, 3.63) is 29.6 Å². The first-order valence-electron chi connectivity index (χ1n) is 10.6. The predicted molar refractivity (Wildman–Crippen MR) is 126 cm³/mol. The van der Waals surface area contributed by atoms with Gasteiger partial charge in [-0.3, -0.25) is 0 Å². The molecule has 29 heavy (non-hydrogen) atoms. The van der Waals surface area contributed by atoms with Gasteiger partial charge in [-0.1, -0.05) is 41.5 Å². The van der Waals surface area contributed by atoms with Crippen molar-refractivity contribution in [2.45, 2.75) is 95.9 Å². The van der Waals surface area contributed by atoms with E-state index in [4.69, 9.17) is 4.74 Å². The summed E-state index contributed by atoms with van der Waals surface area (Å²) in [4.78, 5) is 15.0. The molecule has 0 saturated carbocycles. The fraction of sp³-hybridized carbons (Fsp3) is 0.696. The standard InChI is InChI=1S/C23H40FNO2SSi/c1-16(2)29(17(3)4,18(5)6)28-21-12-11-20(24)15-19(21)13-14-25(10)22(26)27-23(7,8)9/h11-12,15-18H,13-14H2,1-10H3. The van der Waals surface area contributed by atoms with Gasteiger partial charge in [0.05, 0.1) is 0 Å². The normalized spacial score (nSPS) is 12.8. The van der Waals surface area contributed by atoms with Gasteiger partial charge in [0.15, 0.2) is 0 Å². The van der Waals surface area contributed by atoms with Crippen LogP contribution in [-0.4, -0.2) is 37.4 Å². The van der Waals surface area contributed by atoms with Crippen LogP contribution in [0.2, 0.25) is 16.6 Å². The monoisotopic (exact) mass is 441 g/mol. The molecule has 0 spiro atoms. The Bertz CT molecular complexity index is 664. The maximum atomic E-state index is 14.1. The number of amides is 1. The van der Waals surface area contributed by atoms with Crippen molar-refractivity contribution in [1.29, 1.82) is 0 Å². The highest BCUT2D eigenvalue weighted by Gasteiger charge is 2.44. The van der Waals surface area contributed by atoms with E-state index in [2.05, 4.69) is 41.5 Å². The molecule has 0 aliphatic carbocycles. The van der Waals surface area contributed by atoms with Crippen LogP contribution in [0.5, 0.6) is 0 Å². The molecule has 0 aliphatic rings. The summed E-state index contributed by atoms with van der Waals surface area (Å²) in [5.41, 5.74) is 2.27. The molecule has 0 saturated heterocycles. The summed E-state index contributed by atoms with van der Waals surface area (Å²) in [6, 6.07) is 5.12. The molecule has 166 valence electrons. The molecule has 0 aliphatic heterocycles. The number of carbonyl (C=O) groups is 1. The smallest absolute Gasteiger partial charge is 0.410 e. The summed E-state index contributed by atoms with van der Waals surface area (Å²) in [6.07, 6.45) is 0.257. The first kappa shape index (κ1) is 26.0.